The molecule has 160 valence electrons. The lowest BCUT2D eigenvalue weighted by Gasteiger charge is -2.35. The molecule has 0 saturated heterocycles. The summed E-state index contributed by atoms with van der Waals surface area (Å²) in [6.45, 7) is 13.1. The number of nitrogens with one attached hydrogen (secondary N) is 2. The highest BCUT2D eigenvalue weighted by Gasteiger charge is 2.38. The fraction of sp³-hybridized carbons (Fsp3) is 0.833. The molecule has 0 aromatic rings. The molecule has 0 heterocycles. The quantitative estimate of drug-likeness (QED) is 0.176. The van der Waals surface area contributed by atoms with E-state index in [1.165, 1.54) is 6.92 Å². The highest BCUT2D eigenvalue weighted by Crippen LogP contribution is 2.14. The SMILES string of the molecule is C=C(C)C(O)[C@H](O)[C@@H](O)[C@@H](O)[C@H](O)C(=O)NC(C)(C)CNC(C)(C)CCN. The standard InChI is InChI=1S/C18H37N3O6/c1-10(2)11(22)12(23)13(24)14(25)15(26)16(27)21-18(5,6)9-20-17(3,4)7-8-19/h11-15,20,22-26H,1,7-9,19H2,2-6H3,(H,21,27)/t11?,12-,13+,14+,15-/m0/s1. The van der Waals surface area contributed by atoms with Gasteiger partial charge in [0.1, 0.15) is 24.4 Å². The summed E-state index contributed by atoms with van der Waals surface area (Å²) in [6, 6.07) is 0. The molecule has 0 radical (unpaired) electrons. The van der Waals surface area contributed by atoms with E-state index in [1.807, 2.05) is 13.8 Å². The van der Waals surface area contributed by atoms with Gasteiger partial charge in [-0.15, -0.1) is 0 Å². The Hall–Kier alpha value is -1.07. The lowest BCUT2D eigenvalue weighted by Crippen LogP contribution is -2.60. The number of hydrogen-bond acceptors (Lipinski definition) is 8. The molecule has 27 heavy (non-hydrogen) atoms. The van der Waals surface area contributed by atoms with Crippen LogP contribution < -0.4 is 16.4 Å². The Morgan fingerprint density at radius 2 is 1.44 bits per heavy atom. The first-order valence-electron chi connectivity index (χ1n) is 8.98. The Bertz CT molecular complexity index is 497. The fourth-order valence-electron chi connectivity index (χ4n) is 2.38. The van der Waals surface area contributed by atoms with Crippen molar-refractivity contribution in [1.29, 1.82) is 0 Å². The number of hydrogen-bond donors (Lipinski definition) is 8. The average molecular weight is 392 g/mol. The third-order valence-electron chi connectivity index (χ3n) is 4.36. The summed E-state index contributed by atoms with van der Waals surface area (Å²) in [4.78, 5) is 12.2. The second-order valence-electron chi connectivity index (χ2n) is 8.36. The van der Waals surface area contributed by atoms with E-state index in [1.54, 1.807) is 13.8 Å². The lowest BCUT2D eigenvalue weighted by molar-refractivity contribution is -0.153. The molecule has 9 heteroatoms. The van der Waals surface area contributed by atoms with Crippen LogP contribution in [0.2, 0.25) is 0 Å². The summed E-state index contributed by atoms with van der Waals surface area (Å²) in [7, 11) is 0. The van der Waals surface area contributed by atoms with Gasteiger partial charge in [-0.2, -0.15) is 0 Å². The van der Waals surface area contributed by atoms with Crippen LogP contribution >= 0.6 is 0 Å². The smallest absolute Gasteiger partial charge is 0.252 e. The zero-order valence-electron chi connectivity index (χ0n) is 16.9. The van der Waals surface area contributed by atoms with Crippen molar-refractivity contribution < 1.29 is 30.3 Å². The van der Waals surface area contributed by atoms with Crippen molar-refractivity contribution in [3.05, 3.63) is 12.2 Å². The Morgan fingerprint density at radius 3 is 1.89 bits per heavy atom. The molecule has 0 spiro atoms. The van der Waals surface area contributed by atoms with E-state index in [-0.39, 0.29) is 11.1 Å². The molecule has 0 bridgehead atoms. The van der Waals surface area contributed by atoms with Gasteiger partial charge < -0.3 is 41.9 Å². The highest BCUT2D eigenvalue weighted by atomic mass is 16.4. The summed E-state index contributed by atoms with van der Waals surface area (Å²) >= 11 is 0. The van der Waals surface area contributed by atoms with Crippen LogP contribution in [0.3, 0.4) is 0 Å². The Balaban J connectivity index is 4.85. The highest BCUT2D eigenvalue weighted by molar-refractivity contribution is 5.82. The second kappa shape index (κ2) is 10.5. The molecule has 5 atom stereocenters. The molecule has 0 aliphatic heterocycles. The first-order valence-corrected chi connectivity index (χ1v) is 8.98. The van der Waals surface area contributed by atoms with Crippen molar-refractivity contribution in [1.82, 2.24) is 10.6 Å². The Kier molecular flexibility index (Phi) is 10.1. The van der Waals surface area contributed by atoms with Crippen molar-refractivity contribution in [2.75, 3.05) is 13.1 Å². The van der Waals surface area contributed by atoms with E-state index in [9.17, 15) is 30.3 Å². The predicted molar refractivity (Wildman–Crippen MR) is 103 cm³/mol. The number of nitrogens with two attached hydrogens (primary N) is 1. The fourth-order valence-corrected chi connectivity index (χ4v) is 2.38. The molecule has 0 aromatic heterocycles. The predicted octanol–water partition coefficient (Wildman–Crippen LogP) is -2.02. The average Bonchev–Trinajstić information content (AvgIpc) is 2.56. The van der Waals surface area contributed by atoms with Crippen LogP contribution in [0.15, 0.2) is 12.2 Å². The largest absolute Gasteiger partial charge is 0.387 e. The van der Waals surface area contributed by atoms with Gasteiger partial charge in [0.2, 0.25) is 0 Å². The molecule has 0 aromatic carbocycles. The topological polar surface area (TPSA) is 168 Å². The summed E-state index contributed by atoms with van der Waals surface area (Å²) < 4.78 is 0. The van der Waals surface area contributed by atoms with Crippen LogP contribution in [0, 0.1) is 0 Å². The van der Waals surface area contributed by atoms with Gasteiger partial charge >= 0.3 is 0 Å². The number of aliphatic hydroxyl groups is 5. The minimum Gasteiger partial charge on any atom is -0.387 e. The van der Waals surface area contributed by atoms with Crippen LogP contribution in [0.4, 0.5) is 0 Å². The number of carbonyl (C=O) groups excluding carboxylic acids is 1. The van der Waals surface area contributed by atoms with Crippen molar-refractivity contribution >= 4 is 5.91 Å². The first kappa shape index (κ1) is 25.9. The van der Waals surface area contributed by atoms with Crippen molar-refractivity contribution in [2.45, 2.75) is 82.6 Å². The van der Waals surface area contributed by atoms with Crippen LogP contribution in [0.25, 0.3) is 0 Å². The van der Waals surface area contributed by atoms with Crippen LogP contribution in [-0.4, -0.2) is 86.1 Å². The van der Waals surface area contributed by atoms with Gasteiger partial charge in [-0.1, -0.05) is 6.58 Å². The van der Waals surface area contributed by atoms with E-state index in [2.05, 4.69) is 17.2 Å². The zero-order chi connectivity index (χ0) is 21.6. The van der Waals surface area contributed by atoms with Gasteiger partial charge in [0.05, 0.1) is 0 Å². The van der Waals surface area contributed by atoms with Gasteiger partial charge in [0, 0.05) is 17.6 Å². The van der Waals surface area contributed by atoms with E-state index in [0.29, 0.717) is 13.1 Å². The number of carbonyl (C=O) groups is 1. The van der Waals surface area contributed by atoms with Crippen molar-refractivity contribution in [2.24, 2.45) is 5.73 Å². The molecule has 0 fully saturated rings. The summed E-state index contributed by atoms with van der Waals surface area (Å²) in [5.74, 6) is -0.915. The molecule has 1 unspecified atom stereocenters. The molecule has 0 saturated carbocycles. The van der Waals surface area contributed by atoms with Gasteiger partial charge in [-0.25, -0.2) is 0 Å². The molecule has 9 nitrogen and oxygen atoms in total. The molecular formula is C18H37N3O6. The molecule has 0 rings (SSSR count). The third kappa shape index (κ3) is 8.65. The molecule has 1 amide bonds. The van der Waals surface area contributed by atoms with Gasteiger partial charge in [0.15, 0.2) is 6.10 Å². The third-order valence-corrected chi connectivity index (χ3v) is 4.36. The van der Waals surface area contributed by atoms with Gasteiger partial charge in [-0.3, -0.25) is 4.79 Å². The van der Waals surface area contributed by atoms with Crippen LogP contribution in [-0.2, 0) is 4.79 Å². The minimum atomic E-state index is -2.00. The van der Waals surface area contributed by atoms with E-state index in [4.69, 9.17) is 5.73 Å². The zero-order valence-corrected chi connectivity index (χ0v) is 16.9. The number of aliphatic hydroxyl groups excluding tert-OH is 5. The normalized spacial score (nSPS) is 18.3. The van der Waals surface area contributed by atoms with E-state index >= 15 is 0 Å². The summed E-state index contributed by atoms with van der Waals surface area (Å²) in [5, 5.41) is 55.3. The number of amides is 1. The van der Waals surface area contributed by atoms with Gasteiger partial charge in [-0.05, 0) is 53.2 Å². The monoisotopic (exact) mass is 391 g/mol. The van der Waals surface area contributed by atoms with Crippen molar-refractivity contribution in [3.63, 3.8) is 0 Å². The Morgan fingerprint density at radius 1 is 0.963 bits per heavy atom. The Labute approximate surface area is 161 Å². The summed E-state index contributed by atoms with van der Waals surface area (Å²) in [5.41, 5.74) is 4.71. The maximum Gasteiger partial charge on any atom is 0.252 e. The van der Waals surface area contributed by atoms with Gasteiger partial charge in [0.25, 0.3) is 5.91 Å². The van der Waals surface area contributed by atoms with Crippen molar-refractivity contribution in [3.8, 4) is 0 Å². The lowest BCUT2D eigenvalue weighted by atomic mass is 9.95. The van der Waals surface area contributed by atoms with E-state index < -0.39 is 42.0 Å². The molecule has 9 N–H and O–H groups in total. The molecular weight excluding hydrogens is 354 g/mol. The molecule has 0 aliphatic carbocycles. The van der Waals surface area contributed by atoms with Crippen LogP contribution in [0.5, 0.6) is 0 Å². The number of rotatable bonds is 12. The first-order chi connectivity index (χ1) is 12.1. The minimum absolute atomic E-state index is 0.167. The maximum atomic E-state index is 12.2. The summed E-state index contributed by atoms with van der Waals surface area (Å²) in [6.07, 6.45) is -8.51. The maximum absolute atomic E-state index is 12.2. The van der Waals surface area contributed by atoms with Crippen LogP contribution in [0.1, 0.15) is 41.0 Å². The second-order valence-corrected chi connectivity index (χ2v) is 8.36. The molecule has 0 aliphatic rings. The van der Waals surface area contributed by atoms with E-state index in [0.717, 1.165) is 6.42 Å².